The molecule has 0 amide bonds. The molecular formula is C15H27AlCl6. The molecule has 0 aromatic rings. The minimum Gasteiger partial charge on any atom is -0.0915 e. The normalized spacial score (nSPS) is 11.6. The first-order chi connectivity index (χ1) is 9.77. The van der Waals surface area contributed by atoms with Crippen LogP contribution in [-0.2, 0) is 0 Å². The van der Waals surface area contributed by atoms with Crippen LogP contribution in [0, 0.1) is 17.8 Å². The molecule has 0 unspecified atom stereocenters. The molecule has 0 aliphatic rings. The van der Waals surface area contributed by atoms with E-state index in [-0.39, 0.29) is 9.52 Å². The lowest BCUT2D eigenvalue weighted by atomic mass is 10.2. The summed E-state index contributed by atoms with van der Waals surface area (Å²) in [5.41, 5.74) is 0. The molecule has 0 heterocycles. The zero-order valence-electron chi connectivity index (χ0n) is 14.2. The van der Waals surface area contributed by atoms with Gasteiger partial charge in [-0.05, 0) is 0 Å². The van der Waals surface area contributed by atoms with Gasteiger partial charge < -0.3 is 0 Å². The van der Waals surface area contributed by atoms with E-state index in [1.807, 2.05) is 0 Å². The van der Waals surface area contributed by atoms with Gasteiger partial charge in [0.25, 0.3) is 14.1 Å². The molecule has 0 aliphatic carbocycles. The summed E-state index contributed by atoms with van der Waals surface area (Å²) < 4.78 is -1.96. The molecule has 0 spiro atoms. The molecule has 0 rings (SSSR count). The maximum atomic E-state index is 5.31. The minimum atomic E-state index is -1.72. The molecule has 0 atom stereocenters. The third-order valence-electron chi connectivity index (χ3n) is 2.83. The van der Waals surface area contributed by atoms with Crippen molar-refractivity contribution in [2.24, 2.45) is 17.8 Å². The molecule has 0 fully saturated rings. The number of halogens is 6. The van der Waals surface area contributed by atoms with Crippen LogP contribution in [-0.4, -0.2) is 17.9 Å². The lowest BCUT2D eigenvalue weighted by Gasteiger charge is -2.17. The lowest BCUT2D eigenvalue weighted by Crippen LogP contribution is -2.19. The van der Waals surface area contributed by atoms with Gasteiger partial charge in [0.05, 0.1) is 5.03 Å². The molecule has 0 nitrogen and oxygen atoms in total. The Balaban J connectivity index is 0. The van der Waals surface area contributed by atoms with Crippen molar-refractivity contribution in [3.63, 3.8) is 0 Å². The van der Waals surface area contributed by atoms with E-state index in [0.717, 1.165) is 17.8 Å². The molecule has 22 heavy (non-hydrogen) atoms. The number of allylic oxidation sites excluding steroid dienone is 1. The first kappa shape index (κ1) is 26.2. The van der Waals surface area contributed by atoms with Crippen LogP contribution in [0.25, 0.3) is 0 Å². The molecule has 0 aromatic carbocycles. The van der Waals surface area contributed by atoms with Crippen LogP contribution in [0.15, 0.2) is 9.52 Å². The van der Waals surface area contributed by atoms with Crippen LogP contribution in [0.3, 0.4) is 0 Å². The summed E-state index contributed by atoms with van der Waals surface area (Å²) in [4.78, 5) is 0. The first-order valence-corrected chi connectivity index (χ1v) is 12.3. The average molecular weight is 447 g/mol. The summed E-state index contributed by atoms with van der Waals surface area (Å²) in [6.07, 6.45) is 0. The van der Waals surface area contributed by atoms with Crippen LogP contribution in [0.2, 0.25) is 15.8 Å². The van der Waals surface area contributed by atoms with Gasteiger partial charge in [-0.1, -0.05) is 145 Å². The maximum absolute atomic E-state index is 5.31. The largest absolute Gasteiger partial charge is 0.262 e. The lowest BCUT2D eigenvalue weighted by molar-refractivity contribution is 0.659. The average Bonchev–Trinajstić information content (AvgIpc) is 2.24. The van der Waals surface area contributed by atoms with Crippen molar-refractivity contribution >= 4 is 83.8 Å². The molecule has 0 bridgehead atoms. The van der Waals surface area contributed by atoms with E-state index >= 15 is 0 Å². The van der Waals surface area contributed by atoms with Crippen LogP contribution >= 0.6 is 69.6 Å². The predicted molar refractivity (Wildman–Crippen MR) is 110 cm³/mol. The Labute approximate surface area is 171 Å². The predicted octanol–water partition coefficient (Wildman–Crippen LogP) is 8.69. The molecule has 0 radical (unpaired) electrons. The SMILES string of the molecule is CC(C)[CH2][Al]([CH2]C(C)C)[CH2]C(C)C.ClC(Cl)=C(Cl)C(Cl)(Cl)Cl. The Bertz CT molecular complexity index is 293. The summed E-state index contributed by atoms with van der Waals surface area (Å²) >= 11 is 31.0. The van der Waals surface area contributed by atoms with Gasteiger partial charge in [0, 0.05) is 0 Å². The summed E-state index contributed by atoms with van der Waals surface area (Å²) in [5.74, 6) is 2.78. The van der Waals surface area contributed by atoms with Crippen molar-refractivity contribution < 1.29 is 0 Å². The van der Waals surface area contributed by atoms with Gasteiger partial charge in [-0.3, -0.25) is 0 Å². The molecule has 7 heteroatoms. The van der Waals surface area contributed by atoms with Gasteiger partial charge in [-0.2, -0.15) is 0 Å². The second kappa shape index (κ2) is 13.2. The second-order valence-electron chi connectivity index (χ2n) is 6.83. The number of alkyl halides is 3. The van der Waals surface area contributed by atoms with E-state index in [1.165, 1.54) is 0 Å². The minimum absolute atomic E-state index is 0.198. The highest BCUT2D eigenvalue weighted by Crippen LogP contribution is 2.40. The molecule has 0 aromatic heterocycles. The number of hydrogen-bond donors (Lipinski definition) is 0. The molecule has 0 saturated heterocycles. The molecule has 0 N–H and O–H groups in total. The molecular weight excluding hydrogens is 420 g/mol. The quantitative estimate of drug-likeness (QED) is 0.282. The second-order valence-corrected chi connectivity index (χ2v) is 13.6. The summed E-state index contributed by atoms with van der Waals surface area (Å²) in [7, 11) is 0. The van der Waals surface area contributed by atoms with Crippen LogP contribution in [0.5, 0.6) is 0 Å². The van der Waals surface area contributed by atoms with E-state index in [0.29, 0.717) is 0 Å². The van der Waals surface area contributed by atoms with Crippen molar-refractivity contribution in [1.82, 2.24) is 0 Å². The van der Waals surface area contributed by atoms with E-state index in [9.17, 15) is 0 Å². The Morgan fingerprint density at radius 1 is 0.727 bits per heavy atom. The van der Waals surface area contributed by atoms with Crippen molar-refractivity contribution in [3.05, 3.63) is 9.52 Å². The molecule has 132 valence electrons. The monoisotopic (exact) mass is 444 g/mol. The zero-order chi connectivity index (χ0) is 18.1. The molecule has 0 aliphatic heterocycles. The fourth-order valence-electron chi connectivity index (χ4n) is 2.40. The van der Waals surface area contributed by atoms with Gasteiger partial charge in [0.1, 0.15) is 4.49 Å². The van der Waals surface area contributed by atoms with Gasteiger partial charge in [-0.25, -0.2) is 0 Å². The Morgan fingerprint density at radius 3 is 1.09 bits per heavy atom. The van der Waals surface area contributed by atoms with Gasteiger partial charge in [0.15, 0.2) is 0 Å². The van der Waals surface area contributed by atoms with E-state index < -0.39 is 17.9 Å². The summed E-state index contributed by atoms with van der Waals surface area (Å²) in [6, 6.07) is 0. The highest BCUT2D eigenvalue weighted by molar-refractivity contribution is 6.75. The van der Waals surface area contributed by atoms with E-state index in [4.69, 9.17) is 69.6 Å². The molecule has 0 saturated carbocycles. The van der Waals surface area contributed by atoms with Crippen LogP contribution < -0.4 is 0 Å². The van der Waals surface area contributed by atoms with Gasteiger partial charge >= 0.3 is 0 Å². The third kappa shape index (κ3) is 16.9. The number of hydrogen-bond acceptors (Lipinski definition) is 0. The number of rotatable bonds is 6. The fourth-order valence-corrected chi connectivity index (χ4v) is 7.83. The smallest absolute Gasteiger partial charge is 0.0915 e. The van der Waals surface area contributed by atoms with Crippen molar-refractivity contribution in [2.45, 2.75) is 61.2 Å². The summed E-state index contributed by atoms with van der Waals surface area (Å²) in [5, 5.41) is 4.46. The van der Waals surface area contributed by atoms with E-state index in [2.05, 4.69) is 41.5 Å². The topological polar surface area (TPSA) is 0 Å². The highest BCUT2D eigenvalue weighted by Gasteiger charge is 2.26. The van der Waals surface area contributed by atoms with Gasteiger partial charge in [0.2, 0.25) is 3.79 Å². The van der Waals surface area contributed by atoms with Crippen LogP contribution in [0.4, 0.5) is 0 Å². The standard InChI is InChI=1S/3C4H9.C3Cl6.Al/c3*1-4(2)3;4-1(2(5)6)3(7,8)9;/h3*4H,1H2,2-3H3;;. The third-order valence-corrected chi connectivity index (χ3v) is 9.56. The Hall–Kier alpha value is 2.01. The summed E-state index contributed by atoms with van der Waals surface area (Å²) in [6.45, 7) is 14.3. The van der Waals surface area contributed by atoms with Crippen molar-refractivity contribution in [1.29, 1.82) is 0 Å². The van der Waals surface area contributed by atoms with Crippen molar-refractivity contribution in [3.8, 4) is 0 Å². The fraction of sp³-hybridized carbons (Fsp3) is 0.867. The van der Waals surface area contributed by atoms with Crippen LogP contribution in [0.1, 0.15) is 41.5 Å². The Morgan fingerprint density at radius 2 is 1.00 bits per heavy atom. The van der Waals surface area contributed by atoms with Gasteiger partial charge in [-0.15, -0.1) is 0 Å². The Kier molecular flexibility index (Phi) is 15.8. The zero-order valence-corrected chi connectivity index (χ0v) is 19.9. The highest BCUT2D eigenvalue weighted by atomic mass is 35.6. The van der Waals surface area contributed by atoms with E-state index in [1.54, 1.807) is 15.8 Å². The first-order valence-electron chi connectivity index (χ1n) is 7.55. The van der Waals surface area contributed by atoms with Crippen molar-refractivity contribution in [2.75, 3.05) is 0 Å². The maximum Gasteiger partial charge on any atom is 0.262 e.